The van der Waals surface area contributed by atoms with Gasteiger partial charge in [-0.05, 0) is 43.9 Å². The summed E-state index contributed by atoms with van der Waals surface area (Å²) in [6.45, 7) is 2.13. The summed E-state index contributed by atoms with van der Waals surface area (Å²) >= 11 is 7.71. The van der Waals surface area contributed by atoms with E-state index in [1.807, 2.05) is 18.2 Å². The quantitative estimate of drug-likeness (QED) is 0.817. The van der Waals surface area contributed by atoms with Crippen LogP contribution in [0, 0.1) is 0 Å². The van der Waals surface area contributed by atoms with Crippen LogP contribution >= 0.6 is 28.6 Å². The number of hydrogen-bond acceptors (Lipinski definition) is 2. The first-order chi connectivity index (χ1) is 8.06. The molecule has 2 nitrogen and oxygen atoms in total. The molecule has 92 valence electrons. The summed E-state index contributed by atoms with van der Waals surface area (Å²) in [6, 6.07) is 5.52. The van der Waals surface area contributed by atoms with Crippen LogP contribution in [-0.2, 0) is 0 Å². The van der Waals surface area contributed by atoms with Crippen molar-refractivity contribution in [3.8, 4) is 0 Å². The Hall–Kier alpha value is -0.480. The summed E-state index contributed by atoms with van der Waals surface area (Å²) in [5.74, 6) is -0.0101. The Balaban J connectivity index is 2.14. The van der Waals surface area contributed by atoms with E-state index in [-0.39, 0.29) is 11.4 Å². The summed E-state index contributed by atoms with van der Waals surface area (Å²) in [4.78, 5) is 12.9. The van der Waals surface area contributed by atoms with Crippen LogP contribution in [0.2, 0.25) is 0 Å². The van der Waals surface area contributed by atoms with Crippen molar-refractivity contribution in [2.24, 2.45) is 0 Å². The van der Waals surface area contributed by atoms with Crippen LogP contribution in [0.1, 0.15) is 43.0 Å². The molecule has 4 heteroatoms. The molecule has 0 aromatic heterocycles. The van der Waals surface area contributed by atoms with E-state index in [2.05, 4.69) is 40.8 Å². The van der Waals surface area contributed by atoms with E-state index in [1.54, 1.807) is 0 Å². The largest absolute Gasteiger partial charge is 0.347 e. The molecule has 1 aromatic carbocycles. The molecular formula is C13H16BrNOS. The number of carbonyl (C=O) groups is 1. The highest BCUT2D eigenvalue weighted by Gasteiger charge is 2.36. The van der Waals surface area contributed by atoms with Crippen LogP contribution in [0.15, 0.2) is 27.6 Å². The van der Waals surface area contributed by atoms with E-state index in [0.717, 1.165) is 23.7 Å². The molecule has 0 radical (unpaired) electrons. The van der Waals surface area contributed by atoms with Gasteiger partial charge < -0.3 is 5.32 Å². The first kappa shape index (κ1) is 13.0. The molecule has 1 aliphatic rings. The predicted molar refractivity (Wildman–Crippen MR) is 75.7 cm³/mol. The third kappa shape index (κ3) is 2.68. The molecule has 0 unspecified atom stereocenters. The molecule has 1 saturated carbocycles. The van der Waals surface area contributed by atoms with Crippen molar-refractivity contribution < 1.29 is 4.79 Å². The van der Waals surface area contributed by atoms with Gasteiger partial charge in [-0.25, -0.2) is 0 Å². The van der Waals surface area contributed by atoms with Gasteiger partial charge in [-0.3, -0.25) is 4.79 Å². The van der Waals surface area contributed by atoms with Gasteiger partial charge in [-0.1, -0.05) is 22.9 Å². The molecule has 17 heavy (non-hydrogen) atoms. The fraction of sp³-hybridized carbons (Fsp3) is 0.462. The summed E-state index contributed by atoms with van der Waals surface area (Å²) < 4.78 is 0.938. The van der Waals surface area contributed by atoms with Gasteiger partial charge in [0.25, 0.3) is 5.91 Å². The minimum absolute atomic E-state index is 0.0101. The number of benzene rings is 1. The van der Waals surface area contributed by atoms with E-state index in [4.69, 9.17) is 0 Å². The number of rotatable bonds is 3. The van der Waals surface area contributed by atoms with E-state index < -0.39 is 0 Å². The Bertz CT molecular complexity index is 438. The topological polar surface area (TPSA) is 29.1 Å². The third-order valence-electron chi connectivity index (χ3n) is 3.57. The molecule has 1 aliphatic carbocycles. The molecule has 0 saturated heterocycles. The lowest BCUT2D eigenvalue weighted by Crippen LogP contribution is -2.53. The second-order valence-electron chi connectivity index (χ2n) is 4.60. The van der Waals surface area contributed by atoms with Crippen LogP contribution in [0.5, 0.6) is 0 Å². The first-order valence-corrected chi connectivity index (χ1v) is 7.11. The van der Waals surface area contributed by atoms with E-state index in [0.29, 0.717) is 10.5 Å². The van der Waals surface area contributed by atoms with Gasteiger partial charge in [0, 0.05) is 14.9 Å². The highest BCUT2D eigenvalue weighted by Crippen LogP contribution is 2.35. The van der Waals surface area contributed by atoms with Crippen LogP contribution in [-0.4, -0.2) is 11.4 Å². The average Bonchev–Trinajstić information content (AvgIpc) is 2.23. The lowest BCUT2D eigenvalue weighted by atomic mass is 9.74. The molecule has 2 rings (SSSR count). The second kappa shape index (κ2) is 5.02. The van der Waals surface area contributed by atoms with E-state index >= 15 is 0 Å². The minimum Gasteiger partial charge on any atom is -0.347 e. The zero-order chi connectivity index (χ0) is 12.5. The standard InChI is InChI=1S/C13H16BrNOS/c1-2-13(6-3-7-13)15-12(16)10-5-4-9(14)8-11(10)17/h4-5,8,17H,2-3,6-7H2,1H3,(H,15,16). The van der Waals surface area contributed by atoms with Crippen molar-refractivity contribution in [2.45, 2.75) is 43.0 Å². The van der Waals surface area contributed by atoms with Crippen molar-refractivity contribution >= 4 is 34.5 Å². The maximum Gasteiger partial charge on any atom is 0.252 e. The van der Waals surface area contributed by atoms with Crippen LogP contribution < -0.4 is 5.32 Å². The molecule has 0 aliphatic heterocycles. The second-order valence-corrected chi connectivity index (χ2v) is 6.00. The maximum atomic E-state index is 12.2. The van der Waals surface area contributed by atoms with Crippen LogP contribution in [0.25, 0.3) is 0 Å². The van der Waals surface area contributed by atoms with Gasteiger partial charge in [0.1, 0.15) is 0 Å². The van der Waals surface area contributed by atoms with E-state index in [9.17, 15) is 4.79 Å². The van der Waals surface area contributed by atoms with Gasteiger partial charge >= 0.3 is 0 Å². The first-order valence-electron chi connectivity index (χ1n) is 5.87. The zero-order valence-corrected chi connectivity index (χ0v) is 12.3. The van der Waals surface area contributed by atoms with Crippen molar-refractivity contribution in [2.75, 3.05) is 0 Å². The Labute approximate surface area is 116 Å². The summed E-state index contributed by atoms with van der Waals surface area (Å²) in [7, 11) is 0. The van der Waals surface area contributed by atoms with Crippen molar-refractivity contribution in [1.82, 2.24) is 5.32 Å². The molecular weight excluding hydrogens is 298 g/mol. The van der Waals surface area contributed by atoms with Gasteiger partial charge in [-0.15, -0.1) is 12.6 Å². The van der Waals surface area contributed by atoms with Crippen molar-refractivity contribution in [3.05, 3.63) is 28.2 Å². The van der Waals surface area contributed by atoms with Crippen LogP contribution in [0.4, 0.5) is 0 Å². The Morgan fingerprint density at radius 3 is 2.71 bits per heavy atom. The van der Waals surface area contributed by atoms with Gasteiger partial charge in [0.2, 0.25) is 0 Å². The molecule has 1 aromatic rings. The van der Waals surface area contributed by atoms with Gasteiger partial charge in [0.15, 0.2) is 0 Å². The van der Waals surface area contributed by atoms with E-state index in [1.165, 1.54) is 6.42 Å². The normalized spacial score (nSPS) is 17.4. The van der Waals surface area contributed by atoms with Crippen LogP contribution in [0.3, 0.4) is 0 Å². The molecule has 0 atom stereocenters. The Morgan fingerprint density at radius 2 is 2.24 bits per heavy atom. The molecule has 0 spiro atoms. The zero-order valence-electron chi connectivity index (χ0n) is 9.79. The number of amides is 1. The highest BCUT2D eigenvalue weighted by molar-refractivity contribution is 9.10. The summed E-state index contributed by atoms with van der Waals surface area (Å²) in [5, 5.41) is 3.15. The molecule has 0 heterocycles. The maximum absolute atomic E-state index is 12.2. The van der Waals surface area contributed by atoms with Gasteiger partial charge in [0.05, 0.1) is 5.56 Å². The van der Waals surface area contributed by atoms with Gasteiger partial charge in [-0.2, -0.15) is 0 Å². The molecule has 1 N–H and O–H groups in total. The SMILES string of the molecule is CCC1(NC(=O)c2ccc(Br)cc2S)CCC1. The van der Waals surface area contributed by atoms with Crippen molar-refractivity contribution in [1.29, 1.82) is 0 Å². The smallest absolute Gasteiger partial charge is 0.252 e. The molecule has 0 bridgehead atoms. The number of hydrogen-bond donors (Lipinski definition) is 2. The predicted octanol–water partition coefficient (Wildman–Crippen LogP) is 3.80. The average molecular weight is 314 g/mol. The van der Waals surface area contributed by atoms with Crippen molar-refractivity contribution in [3.63, 3.8) is 0 Å². The lowest BCUT2D eigenvalue weighted by Gasteiger charge is -2.42. The molecule has 1 fully saturated rings. The number of nitrogens with one attached hydrogen (secondary N) is 1. The number of carbonyl (C=O) groups excluding carboxylic acids is 1. The number of halogens is 1. The minimum atomic E-state index is -0.0101. The Morgan fingerprint density at radius 1 is 1.53 bits per heavy atom. The number of thiol groups is 1. The monoisotopic (exact) mass is 313 g/mol. The fourth-order valence-electron chi connectivity index (χ4n) is 2.18. The summed E-state index contributed by atoms with van der Waals surface area (Å²) in [6.07, 6.45) is 4.39. The summed E-state index contributed by atoms with van der Waals surface area (Å²) in [5.41, 5.74) is 0.681. The Kier molecular flexibility index (Phi) is 3.83. The fourth-order valence-corrected chi connectivity index (χ4v) is 3.03. The molecule has 1 amide bonds. The lowest BCUT2D eigenvalue weighted by molar-refractivity contribution is 0.0817. The third-order valence-corrected chi connectivity index (χ3v) is 4.43. The highest BCUT2D eigenvalue weighted by atomic mass is 79.9.